The lowest BCUT2D eigenvalue weighted by molar-refractivity contribution is -0.0135. The van der Waals surface area contributed by atoms with Crippen LogP contribution < -0.4 is 0 Å². The summed E-state index contributed by atoms with van der Waals surface area (Å²) in [7, 11) is 0. The van der Waals surface area contributed by atoms with Crippen molar-refractivity contribution >= 4 is 0 Å². The lowest BCUT2D eigenvalue weighted by atomic mass is 9.81. The normalized spacial score (nSPS) is 21.9. The van der Waals surface area contributed by atoms with Crippen molar-refractivity contribution in [3.63, 3.8) is 0 Å². The van der Waals surface area contributed by atoms with Crippen molar-refractivity contribution in [3.05, 3.63) is 0 Å². The van der Waals surface area contributed by atoms with Crippen LogP contribution in [0.2, 0.25) is 0 Å². The Labute approximate surface area is 81.3 Å². The Morgan fingerprint density at radius 3 is 2.46 bits per heavy atom. The largest absolute Gasteiger partial charge is 0.396 e. The van der Waals surface area contributed by atoms with E-state index in [1.807, 2.05) is 0 Å². The van der Waals surface area contributed by atoms with E-state index in [1.165, 1.54) is 12.8 Å². The van der Waals surface area contributed by atoms with Crippen LogP contribution in [0.25, 0.3) is 0 Å². The smallest absolute Gasteiger partial charge is 0.0544 e. The van der Waals surface area contributed by atoms with Crippen LogP contribution in [0.3, 0.4) is 0 Å². The summed E-state index contributed by atoms with van der Waals surface area (Å²) in [5.74, 6) is 1.28. The number of aliphatic hydroxyl groups is 1. The molecule has 0 aromatic heterocycles. The Hall–Kier alpha value is -0.0800. The second-order valence-electron chi connectivity index (χ2n) is 4.93. The van der Waals surface area contributed by atoms with Crippen LogP contribution in [-0.4, -0.2) is 24.9 Å². The summed E-state index contributed by atoms with van der Waals surface area (Å²) < 4.78 is 5.61. The third kappa shape index (κ3) is 3.28. The molecule has 1 rings (SSSR count). The minimum atomic E-state index is -0.0606. The van der Waals surface area contributed by atoms with E-state index in [1.54, 1.807) is 0 Å². The van der Waals surface area contributed by atoms with Crippen LogP contribution in [0, 0.1) is 17.3 Å². The number of ether oxygens (including phenoxy) is 1. The van der Waals surface area contributed by atoms with E-state index in [9.17, 15) is 5.11 Å². The van der Waals surface area contributed by atoms with Gasteiger partial charge in [-0.15, -0.1) is 0 Å². The first-order chi connectivity index (χ1) is 6.08. The van der Waals surface area contributed by atoms with Gasteiger partial charge in [-0.1, -0.05) is 20.8 Å². The SMILES string of the molecule is CC(C)C(C)(CO)COCC1CC1. The summed E-state index contributed by atoms with van der Waals surface area (Å²) in [4.78, 5) is 0. The van der Waals surface area contributed by atoms with Crippen molar-refractivity contribution < 1.29 is 9.84 Å². The van der Waals surface area contributed by atoms with Crippen molar-refractivity contribution in [3.8, 4) is 0 Å². The Bertz CT molecular complexity index is 152. The number of rotatable bonds is 6. The van der Waals surface area contributed by atoms with Gasteiger partial charge in [0.15, 0.2) is 0 Å². The van der Waals surface area contributed by atoms with E-state index in [-0.39, 0.29) is 12.0 Å². The highest BCUT2D eigenvalue weighted by molar-refractivity contribution is 4.78. The second-order valence-corrected chi connectivity index (χ2v) is 4.93. The van der Waals surface area contributed by atoms with Crippen LogP contribution in [0.15, 0.2) is 0 Å². The third-order valence-electron chi connectivity index (χ3n) is 3.24. The van der Waals surface area contributed by atoms with Gasteiger partial charge in [0.1, 0.15) is 0 Å². The van der Waals surface area contributed by atoms with E-state index < -0.39 is 0 Å². The minimum absolute atomic E-state index is 0.0606. The van der Waals surface area contributed by atoms with Crippen molar-refractivity contribution in [2.24, 2.45) is 17.3 Å². The summed E-state index contributed by atoms with van der Waals surface area (Å²) in [6, 6.07) is 0. The molecule has 1 fully saturated rings. The maximum Gasteiger partial charge on any atom is 0.0544 e. The van der Waals surface area contributed by atoms with Crippen LogP contribution in [0.4, 0.5) is 0 Å². The van der Waals surface area contributed by atoms with Gasteiger partial charge in [0.25, 0.3) is 0 Å². The summed E-state index contributed by atoms with van der Waals surface area (Å²) in [6.45, 7) is 8.16. The van der Waals surface area contributed by atoms with Crippen molar-refractivity contribution in [2.75, 3.05) is 19.8 Å². The molecule has 13 heavy (non-hydrogen) atoms. The molecule has 1 atom stereocenters. The number of aliphatic hydroxyl groups excluding tert-OH is 1. The van der Waals surface area contributed by atoms with Crippen molar-refractivity contribution in [2.45, 2.75) is 33.6 Å². The molecule has 0 aliphatic heterocycles. The lowest BCUT2D eigenvalue weighted by Crippen LogP contribution is -2.33. The third-order valence-corrected chi connectivity index (χ3v) is 3.24. The zero-order valence-corrected chi connectivity index (χ0v) is 9.05. The summed E-state index contributed by atoms with van der Waals surface area (Å²) in [6.07, 6.45) is 2.66. The molecular weight excluding hydrogens is 164 g/mol. The van der Waals surface area contributed by atoms with Crippen LogP contribution in [0.1, 0.15) is 33.6 Å². The molecule has 0 saturated heterocycles. The standard InChI is InChI=1S/C11H22O2/c1-9(2)11(3,7-12)8-13-6-10-4-5-10/h9-10,12H,4-8H2,1-3H3. The van der Waals surface area contributed by atoms with E-state index in [0.717, 1.165) is 12.5 Å². The molecule has 1 N–H and O–H groups in total. The maximum absolute atomic E-state index is 9.26. The highest BCUT2D eigenvalue weighted by atomic mass is 16.5. The fourth-order valence-corrected chi connectivity index (χ4v) is 1.14. The highest BCUT2D eigenvalue weighted by Gasteiger charge is 2.29. The number of hydrogen-bond acceptors (Lipinski definition) is 2. The summed E-state index contributed by atoms with van der Waals surface area (Å²) in [5.41, 5.74) is -0.0606. The Morgan fingerprint density at radius 1 is 1.46 bits per heavy atom. The average Bonchev–Trinajstić information content (AvgIpc) is 2.87. The monoisotopic (exact) mass is 186 g/mol. The van der Waals surface area contributed by atoms with Gasteiger partial charge in [-0.2, -0.15) is 0 Å². The quantitative estimate of drug-likeness (QED) is 0.688. The van der Waals surface area contributed by atoms with Crippen molar-refractivity contribution in [1.82, 2.24) is 0 Å². The molecule has 78 valence electrons. The predicted octanol–water partition coefficient (Wildman–Crippen LogP) is 2.07. The Kier molecular flexibility index (Phi) is 3.74. The second kappa shape index (κ2) is 4.43. The fourth-order valence-electron chi connectivity index (χ4n) is 1.14. The zero-order valence-electron chi connectivity index (χ0n) is 9.05. The van der Waals surface area contributed by atoms with Gasteiger partial charge < -0.3 is 9.84 Å². The van der Waals surface area contributed by atoms with Gasteiger partial charge in [0.2, 0.25) is 0 Å². The molecule has 0 amide bonds. The van der Waals surface area contributed by atoms with E-state index in [0.29, 0.717) is 12.5 Å². The molecule has 0 heterocycles. The van der Waals surface area contributed by atoms with Gasteiger partial charge >= 0.3 is 0 Å². The molecule has 2 heteroatoms. The van der Waals surface area contributed by atoms with Crippen molar-refractivity contribution in [1.29, 1.82) is 0 Å². The Morgan fingerprint density at radius 2 is 2.08 bits per heavy atom. The Balaban J connectivity index is 2.20. The topological polar surface area (TPSA) is 29.5 Å². The van der Waals surface area contributed by atoms with Crippen LogP contribution in [-0.2, 0) is 4.74 Å². The summed E-state index contributed by atoms with van der Waals surface area (Å²) in [5, 5.41) is 9.26. The number of hydrogen-bond donors (Lipinski definition) is 1. The first-order valence-electron chi connectivity index (χ1n) is 5.27. The molecule has 1 saturated carbocycles. The van der Waals surface area contributed by atoms with Gasteiger partial charge in [-0.3, -0.25) is 0 Å². The zero-order chi connectivity index (χ0) is 9.90. The lowest BCUT2D eigenvalue weighted by Gasteiger charge is -2.31. The fraction of sp³-hybridized carbons (Fsp3) is 1.00. The first kappa shape index (κ1) is 11.0. The van der Waals surface area contributed by atoms with Crippen LogP contribution in [0.5, 0.6) is 0 Å². The molecular formula is C11H22O2. The molecule has 1 unspecified atom stereocenters. The predicted molar refractivity (Wildman–Crippen MR) is 53.6 cm³/mol. The molecule has 0 aromatic carbocycles. The van der Waals surface area contributed by atoms with Gasteiger partial charge in [0.05, 0.1) is 13.2 Å². The van der Waals surface area contributed by atoms with E-state index >= 15 is 0 Å². The molecule has 1 aliphatic rings. The molecule has 0 bridgehead atoms. The summed E-state index contributed by atoms with van der Waals surface area (Å²) >= 11 is 0. The van der Waals surface area contributed by atoms with Gasteiger partial charge in [-0.05, 0) is 24.7 Å². The van der Waals surface area contributed by atoms with Gasteiger partial charge in [0, 0.05) is 12.0 Å². The molecule has 1 aliphatic carbocycles. The molecule has 2 nitrogen and oxygen atoms in total. The van der Waals surface area contributed by atoms with Gasteiger partial charge in [-0.25, -0.2) is 0 Å². The maximum atomic E-state index is 9.26. The first-order valence-corrected chi connectivity index (χ1v) is 5.27. The molecule has 0 aromatic rings. The molecule has 0 spiro atoms. The molecule has 0 radical (unpaired) electrons. The minimum Gasteiger partial charge on any atom is -0.396 e. The van der Waals surface area contributed by atoms with E-state index in [2.05, 4.69) is 20.8 Å². The highest BCUT2D eigenvalue weighted by Crippen LogP contribution is 2.31. The van der Waals surface area contributed by atoms with E-state index in [4.69, 9.17) is 4.74 Å². The van der Waals surface area contributed by atoms with Crippen LogP contribution >= 0.6 is 0 Å². The average molecular weight is 186 g/mol.